The second-order valence-electron chi connectivity index (χ2n) is 3.49. The van der Waals surface area contributed by atoms with Gasteiger partial charge >= 0.3 is 0 Å². The van der Waals surface area contributed by atoms with Crippen LogP contribution in [-0.4, -0.2) is 37.6 Å². The highest BCUT2D eigenvalue weighted by Crippen LogP contribution is 2.17. The number of nitrogens with one attached hydrogen (secondary N) is 1. The highest BCUT2D eigenvalue weighted by Gasteiger charge is 2.20. The van der Waals surface area contributed by atoms with Crippen LogP contribution in [-0.2, 0) is 0 Å². The first-order valence-electron chi connectivity index (χ1n) is 4.38. The SMILES string of the molecule is C1CN2CCC(CC2)CN1. The average Bonchev–Trinajstić information content (AvgIpc) is 1.89. The summed E-state index contributed by atoms with van der Waals surface area (Å²) in [6.45, 7) is 6.45. The van der Waals surface area contributed by atoms with Crippen molar-refractivity contribution in [2.75, 3.05) is 32.7 Å². The smallest absolute Gasteiger partial charge is 0.0107 e. The van der Waals surface area contributed by atoms with Gasteiger partial charge in [0.25, 0.3) is 0 Å². The van der Waals surface area contributed by atoms with Gasteiger partial charge in [0.05, 0.1) is 0 Å². The van der Waals surface area contributed by atoms with Gasteiger partial charge in [-0.3, -0.25) is 0 Å². The normalized spacial score (nSPS) is 40.8. The molecular weight excluding hydrogens is 124 g/mol. The number of piperidine rings is 1. The lowest BCUT2D eigenvalue weighted by Crippen LogP contribution is -2.44. The molecule has 0 saturated carbocycles. The number of fused-ring (bicyclic) bond motifs is 5. The number of rotatable bonds is 0. The molecule has 0 aromatic carbocycles. The maximum Gasteiger partial charge on any atom is 0.0107 e. The van der Waals surface area contributed by atoms with E-state index in [0.29, 0.717) is 0 Å². The molecular formula is C8H16N2. The average molecular weight is 140 g/mol. The van der Waals surface area contributed by atoms with Crippen molar-refractivity contribution in [2.24, 2.45) is 5.92 Å². The molecule has 10 heavy (non-hydrogen) atoms. The first-order chi connectivity index (χ1) is 4.95. The summed E-state index contributed by atoms with van der Waals surface area (Å²) in [5, 5.41) is 3.48. The van der Waals surface area contributed by atoms with E-state index in [1.54, 1.807) is 0 Å². The second kappa shape index (κ2) is 2.89. The van der Waals surface area contributed by atoms with Crippen molar-refractivity contribution in [3.63, 3.8) is 0 Å². The van der Waals surface area contributed by atoms with Crippen molar-refractivity contribution in [1.82, 2.24) is 10.2 Å². The summed E-state index contributed by atoms with van der Waals surface area (Å²) in [5.41, 5.74) is 0. The molecule has 2 heteroatoms. The largest absolute Gasteiger partial charge is 0.315 e. The first-order valence-corrected chi connectivity index (χ1v) is 4.38. The number of hydrogen-bond donors (Lipinski definition) is 1. The molecule has 0 aromatic rings. The Morgan fingerprint density at radius 3 is 2.70 bits per heavy atom. The summed E-state index contributed by atoms with van der Waals surface area (Å²) in [7, 11) is 0. The van der Waals surface area contributed by atoms with E-state index in [1.165, 1.54) is 45.6 Å². The third kappa shape index (κ3) is 1.32. The van der Waals surface area contributed by atoms with Gasteiger partial charge in [0, 0.05) is 13.1 Å². The van der Waals surface area contributed by atoms with Crippen molar-refractivity contribution in [3.05, 3.63) is 0 Å². The fourth-order valence-electron chi connectivity index (χ4n) is 1.96. The molecule has 3 rings (SSSR count). The van der Waals surface area contributed by atoms with Crippen molar-refractivity contribution < 1.29 is 0 Å². The van der Waals surface area contributed by atoms with Gasteiger partial charge in [0.2, 0.25) is 0 Å². The maximum absolute atomic E-state index is 3.48. The van der Waals surface area contributed by atoms with Gasteiger partial charge < -0.3 is 10.2 Å². The van der Waals surface area contributed by atoms with E-state index >= 15 is 0 Å². The molecule has 3 heterocycles. The van der Waals surface area contributed by atoms with Gasteiger partial charge in [-0.1, -0.05) is 0 Å². The zero-order valence-corrected chi connectivity index (χ0v) is 6.47. The van der Waals surface area contributed by atoms with Crippen LogP contribution < -0.4 is 5.32 Å². The van der Waals surface area contributed by atoms with Gasteiger partial charge in [-0.05, 0) is 38.4 Å². The van der Waals surface area contributed by atoms with Gasteiger partial charge in [-0.25, -0.2) is 0 Å². The lowest BCUT2D eigenvalue weighted by Gasteiger charge is -2.35. The van der Waals surface area contributed by atoms with Crippen LogP contribution in [0.25, 0.3) is 0 Å². The highest BCUT2D eigenvalue weighted by atomic mass is 15.2. The highest BCUT2D eigenvalue weighted by molar-refractivity contribution is 4.77. The van der Waals surface area contributed by atoms with Crippen molar-refractivity contribution in [2.45, 2.75) is 12.8 Å². The molecule has 0 radical (unpaired) electrons. The number of hydrogen-bond acceptors (Lipinski definition) is 2. The minimum absolute atomic E-state index is 0.983. The summed E-state index contributed by atoms with van der Waals surface area (Å²) in [4.78, 5) is 2.57. The van der Waals surface area contributed by atoms with Crippen molar-refractivity contribution in [3.8, 4) is 0 Å². The monoisotopic (exact) mass is 140 g/mol. The molecule has 0 spiro atoms. The Kier molecular flexibility index (Phi) is 1.91. The lowest BCUT2D eigenvalue weighted by molar-refractivity contribution is 0.161. The van der Waals surface area contributed by atoms with Crippen LogP contribution in [0.4, 0.5) is 0 Å². The lowest BCUT2D eigenvalue weighted by atomic mass is 9.96. The zero-order chi connectivity index (χ0) is 6.81. The third-order valence-corrected chi connectivity index (χ3v) is 2.74. The summed E-state index contributed by atoms with van der Waals surface area (Å²) in [5.74, 6) is 0.983. The Labute approximate surface area is 62.6 Å². The molecule has 2 bridgehead atoms. The molecule has 3 fully saturated rings. The van der Waals surface area contributed by atoms with E-state index in [-0.39, 0.29) is 0 Å². The Hall–Kier alpha value is -0.0800. The van der Waals surface area contributed by atoms with Crippen molar-refractivity contribution >= 4 is 0 Å². The van der Waals surface area contributed by atoms with Gasteiger partial charge in [-0.2, -0.15) is 0 Å². The van der Waals surface area contributed by atoms with Gasteiger partial charge in [0.15, 0.2) is 0 Å². The Balaban J connectivity index is 1.94. The first kappa shape index (κ1) is 6.62. The molecule has 3 saturated heterocycles. The van der Waals surface area contributed by atoms with Crippen LogP contribution in [0.1, 0.15) is 12.8 Å². The predicted molar refractivity (Wildman–Crippen MR) is 42.0 cm³/mol. The Bertz CT molecular complexity index is 86.3. The van der Waals surface area contributed by atoms with E-state index in [1.807, 2.05) is 0 Å². The van der Waals surface area contributed by atoms with Crippen LogP contribution in [0.3, 0.4) is 0 Å². The molecule has 0 amide bonds. The molecule has 58 valence electrons. The Morgan fingerprint density at radius 1 is 1.10 bits per heavy atom. The fraction of sp³-hybridized carbons (Fsp3) is 1.00. The van der Waals surface area contributed by atoms with Crippen LogP contribution in [0.5, 0.6) is 0 Å². The fourth-order valence-corrected chi connectivity index (χ4v) is 1.96. The topological polar surface area (TPSA) is 15.3 Å². The molecule has 3 aliphatic rings. The standard InChI is InChI=1S/C8H16N2/c1-4-10-5-2-8(1)7-9-3-6-10/h8-9H,1-7H2. The molecule has 1 N–H and O–H groups in total. The molecule has 3 aliphatic heterocycles. The summed E-state index contributed by atoms with van der Waals surface area (Å²) in [6.07, 6.45) is 2.85. The second-order valence-corrected chi connectivity index (χ2v) is 3.49. The van der Waals surface area contributed by atoms with E-state index in [2.05, 4.69) is 10.2 Å². The van der Waals surface area contributed by atoms with Gasteiger partial charge in [0.1, 0.15) is 0 Å². The zero-order valence-electron chi connectivity index (χ0n) is 6.47. The van der Waals surface area contributed by atoms with Crippen LogP contribution in [0.2, 0.25) is 0 Å². The van der Waals surface area contributed by atoms with E-state index in [4.69, 9.17) is 0 Å². The Morgan fingerprint density at radius 2 is 1.90 bits per heavy atom. The van der Waals surface area contributed by atoms with Gasteiger partial charge in [-0.15, -0.1) is 0 Å². The molecule has 0 unspecified atom stereocenters. The molecule has 0 atom stereocenters. The molecule has 0 aromatic heterocycles. The molecule has 0 aliphatic carbocycles. The maximum atomic E-state index is 3.48. The van der Waals surface area contributed by atoms with E-state index < -0.39 is 0 Å². The van der Waals surface area contributed by atoms with E-state index in [0.717, 1.165) is 5.92 Å². The quantitative estimate of drug-likeness (QED) is 0.520. The third-order valence-electron chi connectivity index (χ3n) is 2.74. The van der Waals surface area contributed by atoms with Crippen LogP contribution in [0.15, 0.2) is 0 Å². The number of nitrogens with zero attached hydrogens (tertiary/aromatic N) is 1. The van der Waals surface area contributed by atoms with Crippen LogP contribution in [0, 0.1) is 5.92 Å². The summed E-state index contributed by atoms with van der Waals surface area (Å²) >= 11 is 0. The van der Waals surface area contributed by atoms with E-state index in [9.17, 15) is 0 Å². The minimum atomic E-state index is 0.983. The minimum Gasteiger partial charge on any atom is -0.315 e. The molecule has 2 nitrogen and oxygen atoms in total. The van der Waals surface area contributed by atoms with Crippen LogP contribution >= 0.6 is 0 Å². The summed E-state index contributed by atoms with van der Waals surface area (Å²) < 4.78 is 0. The van der Waals surface area contributed by atoms with Crippen molar-refractivity contribution in [1.29, 1.82) is 0 Å². The summed E-state index contributed by atoms with van der Waals surface area (Å²) in [6, 6.07) is 0. The predicted octanol–water partition coefficient (Wildman–Crippen LogP) is 0.302.